The van der Waals surface area contributed by atoms with Crippen LogP contribution in [-0.4, -0.2) is 33.9 Å². The van der Waals surface area contributed by atoms with Gasteiger partial charge in [0.2, 0.25) is 0 Å². The van der Waals surface area contributed by atoms with Crippen LogP contribution in [-0.2, 0) is 14.0 Å². The Morgan fingerprint density at radius 2 is 1.59 bits per heavy atom. The highest BCUT2D eigenvalue weighted by Gasteiger charge is 2.50. The van der Waals surface area contributed by atoms with E-state index in [1.54, 1.807) is 0 Å². The monoisotopic (exact) mass is 410 g/mol. The maximum absolute atomic E-state index is 10.7. The number of benzene rings is 2. The summed E-state index contributed by atoms with van der Waals surface area (Å²) in [6.45, 7) is 8.41. The Morgan fingerprint density at radius 1 is 1.00 bits per heavy atom. The zero-order valence-electron chi connectivity index (χ0n) is 18.0. The molecule has 0 aromatic heterocycles. The Bertz CT molecular complexity index is 707. The van der Waals surface area contributed by atoms with Crippen LogP contribution in [0.1, 0.15) is 46.5 Å². The topological polar surface area (TPSA) is 35.5 Å². The van der Waals surface area contributed by atoms with E-state index in [9.17, 15) is 4.79 Å². The zero-order chi connectivity index (χ0) is 20.7. The molecule has 0 aliphatic carbocycles. The summed E-state index contributed by atoms with van der Waals surface area (Å²) in [5, 5.41) is 2.66. The minimum absolute atomic E-state index is 0.00777. The van der Waals surface area contributed by atoms with Crippen LogP contribution in [0.5, 0.6) is 0 Å². The highest BCUT2D eigenvalue weighted by Crippen LogP contribution is 2.37. The van der Waals surface area contributed by atoms with Crippen molar-refractivity contribution in [3.63, 3.8) is 0 Å². The van der Waals surface area contributed by atoms with Gasteiger partial charge in [0, 0.05) is 19.6 Å². The minimum Gasteiger partial charge on any atom is -0.407 e. The van der Waals surface area contributed by atoms with Crippen molar-refractivity contribution in [1.82, 2.24) is 0 Å². The first-order valence-electron chi connectivity index (χ1n) is 10.8. The second-order valence-electron chi connectivity index (χ2n) is 9.10. The molecule has 0 amide bonds. The van der Waals surface area contributed by atoms with E-state index in [0.29, 0.717) is 12.3 Å². The van der Waals surface area contributed by atoms with Crippen molar-refractivity contribution in [3.05, 3.63) is 60.7 Å². The maximum Gasteiger partial charge on any atom is 0.261 e. The molecular formula is C25H34O3Si. The number of hydrogen-bond donors (Lipinski definition) is 0. The first kappa shape index (κ1) is 21.9. The van der Waals surface area contributed by atoms with Gasteiger partial charge in [0.05, 0.1) is 6.10 Å². The molecule has 0 spiro atoms. The molecular weight excluding hydrogens is 376 g/mol. The van der Waals surface area contributed by atoms with Gasteiger partial charge < -0.3 is 14.0 Å². The van der Waals surface area contributed by atoms with E-state index in [2.05, 4.69) is 81.4 Å². The molecule has 1 aliphatic heterocycles. The van der Waals surface area contributed by atoms with E-state index in [-0.39, 0.29) is 11.1 Å². The quantitative estimate of drug-likeness (QED) is 0.480. The lowest BCUT2D eigenvalue weighted by atomic mass is 9.95. The molecule has 1 saturated heterocycles. The smallest absolute Gasteiger partial charge is 0.261 e. The predicted molar refractivity (Wildman–Crippen MR) is 121 cm³/mol. The van der Waals surface area contributed by atoms with Gasteiger partial charge in [-0.1, -0.05) is 81.4 Å². The van der Waals surface area contributed by atoms with Gasteiger partial charge in [-0.05, 0) is 40.6 Å². The molecule has 1 heterocycles. The average Bonchev–Trinajstić information content (AvgIpc) is 2.73. The number of rotatable bonds is 8. The van der Waals surface area contributed by atoms with Crippen LogP contribution in [0.4, 0.5) is 0 Å². The van der Waals surface area contributed by atoms with Crippen molar-refractivity contribution in [2.75, 3.05) is 13.2 Å². The maximum atomic E-state index is 10.7. The molecule has 2 aromatic rings. The molecule has 2 aromatic carbocycles. The molecule has 2 atom stereocenters. The van der Waals surface area contributed by atoms with E-state index < -0.39 is 8.32 Å². The summed E-state index contributed by atoms with van der Waals surface area (Å²) in [5.41, 5.74) is 0. The number of aldehydes is 1. The van der Waals surface area contributed by atoms with Gasteiger partial charge in [-0.2, -0.15) is 0 Å². The Hall–Kier alpha value is -1.75. The van der Waals surface area contributed by atoms with E-state index in [1.807, 2.05) is 0 Å². The predicted octanol–water partition coefficient (Wildman–Crippen LogP) is 4.34. The van der Waals surface area contributed by atoms with E-state index >= 15 is 0 Å². The van der Waals surface area contributed by atoms with E-state index in [1.165, 1.54) is 10.4 Å². The van der Waals surface area contributed by atoms with Crippen molar-refractivity contribution in [1.29, 1.82) is 0 Å². The zero-order valence-corrected chi connectivity index (χ0v) is 19.0. The number of hydrogen-bond acceptors (Lipinski definition) is 3. The molecule has 3 rings (SSSR count). The van der Waals surface area contributed by atoms with Crippen LogP contribution in [0.2, 0.25) is 5.04 Å². The largest absolute Gasteiger partial charge is 0.407 e. The Labute approximate surface area is 176 Å². The molecule has 0 unspecified atom stereocenters. The summed E-state index contributed by atoms with van der Waals surface area (Å²) in [4.78, 5) is 10.7. The highest BCUT2D eigenvalue weighted by molar-refractivity contribution is 6.99. The molecule has 0 bridgehead atoms. The highest BCUT2D eigenvalue weighted by atomic mass is 28.4. The second kappa shape index (κ2) is 9.83. The SMILES string of the molecule is CC(C)(C)[Si](OCC[C@H]1CC[C@@H](CC=O)OC1)(c1ccccc1)c1ccccc1. The molecule has 3 nitrogen and oxygen atoms in total. The molecule has 29 heavy (non-hydrogen) atoms. The summed E-state index contributed by atoms with van der Waals surface area (Å²) >= 11 is 0. The summed E-state index contributed by atoms with van der Waals surface area (Å²) < 4.78 is 12.8. The third-order valence-electron chi connectivity index (χ3n) is 6.09. The second-order valence-corrected chi connectivity index (χ2v) is 13.4. The van der Waals surface area contributed by atoms with Gasteiger partial charge in [-0.25, -0.2) is 0 Å². The standard InChI is InChI=1S/C25H34O3Si/c1-25(2,3)29(23-10-6-4-7-11-23,24-12-8-5-9-13-24)28-19-17-21-14-15-22(16-18-26)27-20-21/h4-13,18,21-22H,14-17,19-20H2,1-3H3/t21-,22+/m1/s1. The molecule has 1 fully saturated rings. The van der Waals surface area contributed by atoms with Crippen LogP contribution >= 0.6 is 0 Å². The van der Waals surface area contributed by atoms with E-state index in [0.717, 1.165) is 38.8 Å². The van der Waals surface area contributed by atoms with Crippen molar-refractivity contribution in [3.8, 4) is 0 Å². The normalized spacial score (nSPS) is 20.4. The molecule has 156 valence electrons. The van der Waals surface area contributed by atoms with Gasteiger partial charge in [0.1, 0.15) is 6.29 Å². The summed E-state index contributed by atoms with van der Waals surface area (Å²) in [5.74, 6) is 0.510. The molecule has 0 saturated carbocycles. The Kier molecular flexibility index (Phi) is 7.44. The van der Waals surface area contributed by atoms with Crippen LogP contribution in [0.3, 0.4) is 0 Å². The van der Waals surface area contributed by atoms with Crippen molar-refractivity contribution in [2.24, 2.45) is 5.92 Å². The van der Waals surface area contributed by atoms with Gasteiger partial charge in [-0.15, -0.1) is 0 Å². The summed E-state index contributed by atoms with van der Waals surface area (Å²) in [7, 11) is -2.45. The van der Waals surface area contributed by atoms with Gasteiger partial charge in [0.15, 0.2) is 0 Å². The average molecular weight is 411 g/mol. The van der Waals surface area contributed by atoms with Crippen molar-refractivity contribution < 1.29 is 14.0 Å². The van der Waals surface area contributed by atoms with Gasteiger partial charge >= 0.3 is 0 Å². The van der Waals surface area contributed by atoms with Crippen LogP contribution in [0, 0.1) is 5.92 Å². The fourth-order valence-corrected chi connectivity index (χ4v) is 9.10. The van der Waals surface area contributed by atoms with Gasteiger partial charge in [-0.3, -0.25) is 0 Å². The third kappa shape index (κ3) is 5.06. The fraction of sp³-hybridized carbons (Fsp3) is 0.480. The van der Waals surface area contributed by atoms with Crippen molar-refractivity contribution in [2.45, 2.75) is 57.6 Å². The first-order chi connectivity index (χ1) is 14.0. The lowest BCUT2D eigenvalue weighted by Gasteiger charge is -2.43. The number of carbonyl (C=O) groups is 1. The molecule has 4 heteroatoms. The summed E-state index contributed by atoms with van der Waals surface area (Å²) in [6, 6.07) is 21.6. The molecule has 0 radical (unpaired) electrons. The number of ether oxygens (including phenoxy) is 1. The molecule has 0 N–H and O–H groups in total. The Balaban J connectivity index is 1.79. The van der Waals surface area contributed by atoms with E-state index in [4.69, 9.17) is 9.16 Å². The Morgan fingerprint density at radius 3 is 2.03 bits per heavy atom. The molecule has 1 aliphatic rings. The lowest BCUT2D eigenvalue weighted by molar-refractivity contribution is -0.112. The van der Waals surface area contributed by atoms with Crippen LogP contribution in [0.15, 0.2) is 60.7 Å². The van der Waals surface area contributed by atoms with Crippen LogP contribution < -0.4 is 10.4 Å². The minimum atomic E-state index is -2.45. The first-order valence-corrected chi connectivity index (χ1v) is 12.7. The van der Waals surface area contributed by atoms with Crippen LogP contribution in [0.25, 0.3) is 0 Å². The van der Waals surface area contributed by atoms with Gasteiger partial charge in [0.25, 0.3) is 8.32 Å². The fourth-order valence-electron chi connectivity index (χ4n) is 4.52. The summed E-state index contributed by atoms with van der Waals surface area (Å²) in [6.07, 6.45) is 4.69. The third-order valence-corrected chi connectivity index (χ3v) is 11.1. The van der Waals surface area contributed by atoms with Crippen molar-refractivity contribution >= 4 is 25.0 Å². The number of carbonyl (C=O) groups excluding carboxylic acids is 1. The lowest BCUT2D eigenvalue weighted by Crippen LogP contribution is -2.66.